The minimum atomic E-state index is -0.105. The summed E-state index contributed by atoms with van der Waals surface area (Å²) in [6.07, 6.45) is 0. The predicted octanol–water partition coefficient (Wildman–Crippen LogP) is 3.00. The number of ketones is 1. The number of Topliss-reactive ketones (excluding diaryl/α,β-unsaturated/α-hetero) is 1. The summed E-state index contributed by atoms with van der Waals surface area (Å²) in [5, 5.41) is 0. The Kier molecular flexibility index (Phi) is 4.63. The van der Waals surface area contributed by atoms with Crippen LogP contribution in [0.1, 0.15) is 25.3 Å². The number of ether oxygens (including phenoxy) is 1. The summed E-state index contributed by atoms with van der Waals surface area (Å²) in [6, 6.07) is 7.76. The minimum Gasteiger partial charge on any atom is -0.486 e. The van der Waals surface area contributed by atoms with Gasteiger partial charge in [0.1, 0.15) is 12.4 Å². The topological polar surface area (TPSA) is 26.3 Å². The van der Waals surface area contributed by atoms with Gasteiger partial charge in [-0.05, 0) is 23.6 Å². The van der Waals surface area contributed by atoms with Gasteiger partial charge in [0.25, 0.3) is 0 Å². The van der Waals surface area contributed by atoms with Crippen molar-refractivity contribution in [2.45, 2.75) is 19.8 Å². The lowest BCUT2D eigenvalue weighted by molar-refractivity contribution is -0.118. The Balaban J connectivity index is 2.61. The van der Waals surface area contributed by atoms with Crippen molar-refractivity contribution in [3.8, 4) is 5.75 Å². The van der Waals surface area contributed by atoms with Gasteiger partial charge < -0.3 is 4.74 Å². The molecule has 0 aliphatic heterocycles. The minimum absolute atomic E-state index is 0.00384. The molecule has 15 heavy (non-hydrogen) atoms. The average molecular weight is 227 g/mol. The SMILES string of the molecule is CC(C)c1cccc(OCC(=O)CCl)c1. The first-order valence-electron chi connectivity index (χ1n) is 4.94. The molecule has 1 aromatic rings. The third-order valence-corrected chi connectivity index (χ3v) is 2.37. The Morgan fingerprint density at radius 1 is 1.47 bits per heavy atom. The number of carbonyl (C=O) groups excluding carboxylic acids is 1. The maximum atomic E-state index is 10.9. The summed E-state index contributed by atoms with van der Waals surface area (Å²) in [5.74, 6) is 1.08. The summed E-state index contributed by atoms with van der Waals surface area (Å²) in [7, 11) is 0. The van der Waals surface area contributed by atoms with Gasteiger partial charge in [0.05, 0.1) is 5.88 Å². The molecule has 0 saturated heterocycles. The molecule has 0 aliphatic rings. The van der Waals surface area contributed by atoms with Gasteiger partial charge in [-0.2, -0.15) is 0 Å². The highest BCUT2D eigenvalue weighted by Crippen LogP contribution is 2.19. The van der Waals surface area contributed by atoms with Crippen molar-refractivity contribution in [3.63, 3.8) is 0 Å². The molecule has 0 amide bonds. The third kappa shape index (κ3) is 3.92. The Bertz CT molecular complexity index is 334. The van der Waals surface area contributed by atoms with Gasteiger partial charge in [-0.3, -0.25) is 4.79 Å². The van der Waals surface area contributed by atoms with Crippen LogP contribution in [0.15, 0.2) is 24.3 Å². The van der Waals surface area contributed by atoms with E-state index in [4.69, 9.17) is 16.3 Å². The highest BCUT2D eigenvalue weighted by atomic mass is 35.5. The van der Waals surface area contributed by atoms with E-state index >= 15 is 0 Å². The molecule has 0 aromatic heterocycles. The zero-order valence-electron chi connectivity index (χ0n) is 9.00. The first kappa shape index (κ1) is 12.1. The van der Waals surface area contributed by atoms with Crippen LogP contribution in [0.5, 0.6) is 5.75 Å². The van der Waals surface area contributed by atoms with Gasteiger partial charge in [-0.15, -0.1) is 11.6 Å². The zero-order valence-corrected chi connectivity index (χ0v) is 9.75. The number of hydrogen-bond donors (Lipinski definition) is 0. The highest BCUT2D eigenvalue weighted by molar-refractivity contribution is 6.27. The van der Waals surface area contributed by atoms with Crippen molar-refractivity contribution >= 4 is 17.4 Å². The van der Waals surface area contributed by atoms with E-state index in [9.17, 15) is 4.79 Å². The quantitative estimate of drug-likeness (QED) is 0.722. The lowest BCUT2D eigenvalue weighted by Crippen LogP contribution is -2.12. The second-order valence-electron chi connectivity index (χ2n) is 3.69. The molecule has 0 unspecified atom stereocenters. The number of hydrogen-bond acceptors (Lipinski definition) is 2. The Morgan fingerprint density at radius 3 is 2.80 bits per heavy atom. The van der Waals surface area contributed by atoms with E-state index in [1.807, 2.05) is 24.3 Å². The second kappa shape index (κ2) is 5.76. The van der Waals surface area contributed by atoms with E-state index < -0.39 is 0 Å². The van der Waals surface area contributed by atoms with E-state index in [1.54, 1.807) is 0 Å². The first-order valence-corrected chi connectivity index (χ1v) is 5.47. The Morgan fingerprint density at radius 2 is 2.20 bits per heavy atom. The summed E-state index contributed by atoms with van der Waals surface area (Å²) < 4.78 is 5.32. The monoisotopic (exact) mass is 226 g/mol. The van der Waals surface area contributed by atoms with Crippen LogP contribution in [0.3, 0.4) is 0 Å². The maximum absolute atomic E-state index is 10.9. The molecule has 3 heteroatoms. The molecule has 0 atom stereocenters. The fraction of sp³-hybridized carbons (Fsp3) is 0.417. The fourth-order valence-electron chi connectivity index (χ4n) is 1.17. The van der Waals surface area contributed by atoms with Gasteiger partial charge in [-0.1, -0.05) is 26.0 Å². The molecule has 0 radical (unpaired) electrons. The first-order chi connectivity index (χ1) is 7.13. The molecule has 1 aromatic carbocycles. The van der Waals surface area contributed by atoms with Crippen molar-refractivity contribution < 1.29 is 9.53 Å². The van der Waals surface area contributed by atoms with Crippen LogP contribution >= 0.6 is 11.6 Å². The van der Waals surface area contributed by atoms with Gasteiger partial charge in [0, 0.05) is 0 Å². The van der Waals surface area contributed by atoms with E-state index in [0.29, 0.717) is 5.92 Å². The van der Waals surface area contributed by atoms with E-state index in [2.05, 4.69) is 13.8 Å². The van der Waals surface area contributed by atoms with Crippen molar-refractivity contribution in [1.29, 1.82) is 0 Å². The van der Waals surface area contributed by atoms with Crippen molar-refractivity contribution in [3.05, 3.63) is 29.8 Å². The van der Waals surface area contributed by atoms with Gasteiger partial charge in [0.2, 0.25) is 0 Å². The van der Waals surface area contributed by atoms with Gasteiger partial charge in [-0.25, -0.2) is 0 Å². The molecule has 0 heterocycles. The number of rotatable bonds is 5. The molecular weight excluding hydrogens is 212 g/mol. The Labute approximate surface area is 95.2 Å². The molecule has 0 saturated carbocycles. The summed E-state index contributed by atoms with van der Waals surface area (Å²) in [4.78, 5) is 10.9. The van der Waals surface area contributed by atoms with E-state index in [0.717, 1.165) is 5.75 Å². The van der Waals surface area contributed by atoms with Gasteiger partial charge in [0.15, 0.2) is 5.78 Å². The third-order valence-electron chi connectivity index (χ3n) is 2.07. The lowest BCUT2D eigenvalue weighted by Gasteiger charge is -2.08. The summed E-state index contributed by atoms with van der Waals surface area (Å²) in [6.45, 7) is 4.27. The van der Waals surface area contributed by atoms with Crippen molar-refractivity contribution in [1.82, 2.24) is 0 Å². The number of alkyl halides is 1. The van der Waals surface area contributed by atoms with E-state index in [1.165, 1.54) is 5.56 Å². The van der Waals surface area contributed by atoms with Crippen molar-refractivity contribution in [2.24, 2.45) is 0 Å². The van der Waals surface area contributed by atoms with Gasteiger partial charge >= 0.3 is 0 Å². The molecule has 0 spiro atoms. The second-order valence-corrected chi connectivity index (χ2v) is 3.96. The molecular formula is C12H15ClO2. The highest BCUT2D eigenvalue weighted by Gasteiger charge is 2.03. The average Bonchev–Trinajstić information content (AvgIpc) is 2.26. The van der Waals surface area contributed by atoms with E-state index in [-0.39, 0.29) is 18.3 Å². The molecule has 0 aliphatic carbocycles. The van der Waals surface area contributed by atoms with Crippen molar-refractivity contribution in [2.75, 3.05) is 12.5 Å². The fourth-order valence-corrected chi connectivity index (χ4v) is 1.24. The molecule has 0 N–H and O–H groups in total. The number of carbonyl (C=O) groups is 1. The summed E-state index contributed by atoms with van der Waals surface area (Å²) >= 11 is 5.37. The van der Waals surface area contributed by atoms with Crippen LogP contribution in [-0.4, -0.2) is 18.3 Å². The predicted molar refractivity (Wildman–Crippen MR) is 61.8 cm³/mol. The van der Waals surface area contributed by atoms with Crippen LogP contribution in [0, 0.1) is 0 Å². The molecule has 82 valence electrons. The van der Waals surface area contributed by atoms with Crippen LogP contribution < -0.4 is 4.74 Å². The van der Waals surface area contributed by atoms with Crippen LogP contribution in [0.25, 0.3) is 0 Å². The Hall–Kier alpha value is -1.02. The number of benzene rings is 1. The van der Waals surface area contributed by atoms with Crippen LogP contribution in [-0.2, 0) is 4.79 Å². The lowest BCUT2D eigenvalue weighted by atomic mass is 10.0. The zero-order chi connectivity index (χ0) is 11.3. The van der Waals surface area contributed by atoms with Crippen LogP contribution in [0.4, 0.5) is 0 Å². The molecule has 0 fully saturated rings. The van der Waals surface area contributed by atoms with Crippen LogP contribution in [0.2, 0.25) is 0 Å². The molecule has 2 nitrogen and oxygen atoms in total. The standard InChI is InChI=1S/C12H15ClO2/c1-9(2)10-4-3-5-12(6-10)15-8-11(14)7-13/h3-6,9H,7-8H2,1-2H3. The maximum Gasteiger partial charge on any atom is 0.184 e. The smallest absolute Gasteiger partial charge is 0.184 e. The number of halogens is 1. The summed E-state index contributed by atoms with van der Waals surface area (Å²) in [5.41, 5.74) is 1.20. The normalized spacial score (nSPS) is 10.4. The molecule has 1 rings (SSSR count). The molecule has 0 bridgehead atoms. The largest absolute Gasteiger partial charge is 0.486 e.